The zero-order valence-corrected chi connectivity index (χ0v) is 16.1. The van der Waals surface area contributed by atoms with Crippen LogP contribution in [-0.2, 0) is 11.3 Å². The van der Waals surface area contributed by atoms with Gasteiger partial charge in [-0.05, 0) is 19.1 Å². The van der Waals surface area contributed by atoms with Crippen molar-refractivity contribution in [2.24, 2.45) is 0 Å². The third-order valence-corrected chi connectivity index (χ3v) is 5.44. The molecule has 3 aromatic heterocycles. The minimum Gasteiger partial charge on any atom is -0.488 e. The fourth-order valence-corrected chi connectivity index (χ4v) is 4.11. The fraction of sp³-hybridized carbons (Fsp3) is 0.368. The highest BCUT2D eigenvalue weighted by Gasteiger charge is 2.26. The SMILES string of the molecule is CC(=O)NCc1cc(OC2CCN(c3ncnc4sc(C)cc34)C2)ccn1. The van der Waals surface area contributed by atoms with Crippen LogP contribution in [0.15, 0.2) is 30.7 Å². The van der Waals surface area contributed by atoms with Crippen LogP contribution < -0.4 is 15.0 Å². The molecule has 3 aromatic rings. The highest BCUT2D eigenvalue weighted by molar-refractivity contribution is 7.18. The van der Waals surface area contributed by atoms with E-state index in [9.17, 15) is 4.79 Å². The van der Waals surface area contributed by atoms with Gasteiger partial charge in [-0.1, -0.05) is 0 Å². The van der Waals surface area contributed by atoms with Crippen LogP contribution in [0, 0.1) is 6.92 Å². The molecule has 8 heteroatoms. The van der Waals surface area contributed by atoms with Crippen molar-refractivity contribution >= 4 is 33.3 Å². The van der Waals surface area contributed by atoms with Crippen LogP contribution in [0.25, 0.3) is 10.2 Å². The Labute approximate surface area is 161 Å². The summed E-state index contributed by atoms with van der Waals surface area (Å²) in [6, 6.07) is 5.88. The number of fused-ring (bicyclic) bond motifs is 1. The lowest BCUT2D eigenvalue weighted by Crippen LogP contribution is -2.25. The first-order valence-corrected chi connectivity index (χ1v) is 9.72. The molecule has 1 saturated heterocycles. The number of amides is 1. The van der Waals surface area contributed by atoms with Crippen LogP contribution in [0.5, 0.6) is 5.75 Å². The third kappa shape index (κ3) is 4.00. The van der Waals surface area contributed by atoms with Gasteiger partial charge >= 0.3 is 0 Å². The van der Waals surface area contributed by atoms with Gasteiger partial charge in [0.05, 0.1) is 24.2 Å². The van der Waals surface area contributed by atoms with Gasteiger partial charge in [0.25, 0.3) is 0 Å². The number of hydrogen-bond acceptors (Lipinski definition) is 7. The standard InChI is InChI=1S/C19H21N5O2S/c1-12-7-17-18(22-11-23-19(17)27-12)24-6-4-16(10-24)26-15-3-5-20-14(8-15)9-21-13(2)25/h3,5,7-8,11,16H,4,6,9-10H2,1-2H3,(H,21,25). The molecule has 1 unspecified atom stereocenters. The fourth-order valence-electron chi connectivity index (χ4n) is 3.27. The Morgan fingerprint density at radius 1 is 1.37 bits per heavy atom. The summed E-state index contributed by atoms with van der Waals surface area (Å²) in [5.41, 5.74) is 0.781. The Bertz CT molecular complexity index is 974. The molecule has 140 valence electrons. The molecular formula is C19H21N5O2S. The number of hydrogen-bond donors (Lipinski definition) is 1. The molecule has 1 aliphatic heterocycles. The maximum absolute atomic E-state index is 11.1. The zero-order valence-electron chi connectivity index (χ0n) is 15.3. The molecule has 1 aliphatic rings. The molecule has 0 radical (unpaired) electrons. The lowest BCUT2D eigenvalue weighted by molar-refractivity contribution is -0.119. The average molecular weight is 383 g/mol. The Morgan fingerprint density at radius 2 is 2.26 bits per heavy atom. The second kappa shape index (κ2) is 7.48. The molecule has 0 aromatic carbocycles. The molecule has 7 nitrogen and oxygen atoms in total. The maximum Gasteiger partial charge on any atom is 0.217 e. The predicted molar refractivity (Wildman–Crippen MR) is 105 cm³/mol. The lowest BCUT2D eigenvalue weighted by atomic mass is 10.3. The van der Waals surface area contributed by atoms with Gasteiger partial charge in [-0.3, -0.25) is 9.78 Å². The van der Waals surface area contributed by atoms with E-state index in [1.54, 1.807) is 23.9 Å². The van der Waals surface area contributed by atoms with E-state index in [2.05, 4.69) is 38.2 Å². The van der Waals surface area contributed by atoms with E-state index >= 15 is 0 Å². The number of aryl methyl sites for hydroxylation is 1. The Morgan fingerprint density at radius 3 is 3.11 bits per heavy atom. The van der Waals surface area contributed by atoms with Gasteiger partial charge in [-0.2, -0.15) is 0 Å². The number of anilines is 1. The average Bonchev–Trinajstić information content (AvgIpc) is 3.25. The number of thiophene rings is 1. The minimum absolute atomic E-state index is 0.0746. The van der Waals surface area contributed by atoms with Gasteiger partial charge in [0, 0.05) is 37.0 Å². The number of pyridine rings is 1. The van der Waals surface area contributed by atoms with Crippen molar-refractivity contribution in [3.63, 3.8) is 0 Å². The summed E-state index contributed by atoms with van der Waals surface area (Å²) in [5, 5.41) is 3.86. The van der Waals surface area contributed by atoms with Crippen LogP contribution in [0.4, 0.5) is 5.82 Å². The lowest BCUT2D eigenvalue weighted by Gasteiger charge is -2.18. The van der Waals surface area contributed by atoms with Crippen molar-refractivity contribution in [1.82, 2.24) is 20.3 Å². The second-order valence-corrected chi connectivity index (χ2v) is 7.88. The number of carbonyl (C=O) groups excluding carboxylic acids is 1. The molecule has 1 N–H and O–H groups in total. The summed E-state index contributed by atoms with van der Waals surface area (Å²) in [5.74, 6) is 1.68. The van der Waals surface area contributed by atoms with Crippen molar-refractivity contribution in [3.05, 3.63) is 41.3 Å². The molecule has 1 atom stereocenters. The Kier molecular flexibility index (Phi) is 4.89. The molecule has 0 bridgehead atoms. The van der Waals surface area contributed by atoms with E-state index in [-0.39, 0.29) is 12.0 Å². The summed E-state index contributed by atoms with van der Waals surface area (Å²) >= 11 is 1.69. The van der Waals surface area contributed by atoms with Crippen molar-refractivity contribution in [1.29, 1.82) is 0 Å². The van der Waals surface area contributed by atoms with Gasteiger partial charge in [-0.25, -0.2) is 9.97 Å². The Hall–Kier alpha value is -2.74. The van der Waals surface area contributed by atoms with Crippen molar-refractivity contribution in [2.45, 2.75) is 32.9 Å². The predicted octanol–water partition coefficient (Wildman–Crippen LogP) is 2.69. The van der Waals surface area contributed by atoms with Crippen molar-refractivity contribution < 1.29 is 9.53 Å². The van der Waals surface area contributed by atoms with Crippen LogP contribution >= 0.6 is 11.3 Å². The van der Waals surface area contributed by atoms with Gasteiger partial charge in [-0.15, -0.1) is 11.3 Å². The summed E-state index contributed by atoms with van der Waals surface area (Å²) in [6.07, 6.45) is 4.36. The first-order valence-electron chi connectivity index (χ1n) is 8.90. The second-order valence-electron chi connectivity index (χ2n) is 6.64. The van der Waals surface area contributed by atoms with Gasteiger partial charge in [0.1, 0.15) is 28.8 Å². The number of carbonyl (C=O) groups is 1. The van der Waals surface area contributed by atoms with Gasteiger partial charge in [0.2, 0.25) is 5.91 Å². The molecule has 1 fully saturated rings. The van der Waals surface area contributed by atoms with E-state index in [4.69, 9.17) is 4.74 Å². The molecule has 27 heavy (non-hydrogen) atoms. The molecule has 4 rings (SSSR count). The zero-order chi connectivity index (χ0) is 18.8. The highest BCUT2D eigenvalue weighted by Crippen LogP contribution is 2.32. The molecule has 0 spiro atoms. The topological polar surface area (TPSA) is 80.2 Å². The Balaban J connectivity index is 1.44. The normalized spacial score (nSPS) is 16.7. The summed E-state index contributed by atoms with van der Waals surface area (Å²) in [7, 11) is 0. The number of nitrogens with zero attached hydrogens (tertiary/aromatic N) is 4. The number of ether oxygens (including phenoxy) is 1. The molecule has 0 aliphatic carbocycles. The summed E-state index contributed by atoms with van der Waals surface area (Å²) < 4.78 is 6.16. The maximum atomic E-state index is 11.1. The third-order valence-electron chi connectivity index (χ3n) is 4.49. The van der Waals surface area contributed by atoms with Gasteiger partial charge in [0.15, 0.2) is 0 Å². The van der Waals surface area contributed by atoms with Crippen LogP contribution in [-0.4, -0.2) is 40.1 Å². The monoisotopic (exact) mass is 383 g/mol. The quantitative estimate of drug-likeness (QED) is 0.730. The van der Waals surface area contributed by atoms with E-state index < -0.39 is 0 Å². The van der Waals surface area contributed by atoms with Crippen molar-refractivity contribution in [3.8, 4) is 5.75 Å². The van der Waals surface area contributed by atoms with Crippen LogP contribution in [0.1, 0.15) is 23.9 Å². The molecular weight excluding hydrogens is 362 g/mol. The van der Waals surface area contributed by atoms with Gasteiger partial charge < -0.3 is 15.0 Å². The summed E-state index contributed by atoms with van der Waals surface area (Å²) in [4.78, 5) is 28.7. The first kappa shape index (κ1) is 17.7. The van der Waals surface area contributed by atoms with Crippen LogP contribution in [0.3, 0.4) is 0 Å². The number of rotatable bonds is 5. The molecule has 1 amide bonds. The van der Waals surface area contributed by atoms with Crippen LogP contribution in [0.2, 0.25) is 0 Å². The first-order chi connectivity index (χ1) is 13.1. The number of nitrogens with one attached hydrogen (secondary N) is 1. The molecule has 0 saturated carbocycles. The smallest absolute Gasteiger partial charge is 0.217 e. The van der Waals surface area contributed by atoms with Crippen molar-refractivity contribution in [2.75, 3.05) is 18.0 Å². The molecule has 4 heterocycles. The highest BCUT2D eigenvalue weighted by atomic mass is 32.1. The summed E-state index contributed by atoms with van der Waals surface area (Å²) in [6.45, 7) is 5.67. The van der Waals surface area contributed by atoms with E-state index in [1.165, 1.54) is 11.8 Å². The van der Waals surface area contributed by atoms with E-state index in [0.717, 1.165) is 47.0 Å². The van der Waals surface area contributed by atoms with E-state index in [1.807, 2.05) is 12.1 Å². The largest absolute Gasteiger partial charge is 0.488 e. The minimum atomic E-state index is -0.0746. The van der Waals surface area contributed by atoms with E-state index in [0.29, 0.717) is 6.54 Å². The number of aromatic nitrogens is 3.